The van der Waals surface area contributed by atoms with Crippen LogP contribution in [0.5, 0.6) is 0 Å². The average molecular weight is 349 g/mol. The number of hydrogen-bond acceptors (Lipinski definition) is 7. The van der Waals surface area contributed by atoms with Gasteiger partial charge >= 0.3 is 6.18 Å². The number of rotatable bonds is 4. The smallest absolute Gasteiger partial charge is 0.372 e. The lowest BCUT2D eigenvalue weighted by Crippen LogP contribution is -2.22. The predicted octanol–water partition coefficient (Wildman–Crippen LogP) is 2.77. The van der Waals surface area contributed by atoms with Crippen LogP contribution < -0.4 is 16.0 Å². The van der Waals surface area contributed by atoms with Crippen LogP contribution in [0.15, 0.2) is 41.5 Å². The van der Waals surface area contributed by atoms with E-state index in [0.717, 1.165) is 0 Å². The SMILES string of the molecule is CNc1nc(N/C(C(C)=N)=C2\C=CC=C(C#N)N2)ncc1C(F)(F)F. The second-order valence-corrected chi connectivity index (χ2v) is 4.92. The fraction of sp³-hybridized carbons (Fsp3) is 0.200. The largest absolute Gasteiger partial charge is 0.421 e. The molecule has 25 heavy (non-hydrogen) atoms. The van der Waals surface area contributed by atoms with Gasteiger partial charge in [0.2, 0.25) is 5.95 Å². The molecule has 0 unspecified atom stereocenters. The van der Waals surface area contributed by atoms with Gasteiger partial charge < -0.3 is 21.4 Å². The van der Waals surface area contributed by atoms with Crippen LogP contribution in [0, 0.1) is 16.7 Å². The van der Waals surface area contributed by atoms with Crippen molar-refractivity contribution in [2.45, 2.75) is 13.1 Å². The first-order valence-corrected chi connectivity index (χ1v) is 7.00. The lowest BCUT2D eigenvalue weighted by molar-refractivity contribution is -0.137. The van der Waals surface area contributed by atoms with Crippen LogP contribution in [0.3, 0.4) is 0 Å². The number of anilines is 2. The molecule has 1 aliphatic heterocycles. The zero-order valence-corrected chi connectivity index (χ0v) is 13.3. The van der Waals surface area contributed by atoms with E-state index >= 15 is 0 Å². The summed E-state index contributed by atoms with van der Waals surface area (Å²) < 4.78 is 38.7. The molecule has 0 spiro atoms. The van der Waals surface area contributed by atoms with Crippen LogP contribution in [0.25, 0.3) is 0 Å². The Morgan fingerprint density at radius 2 is 2.12 bits per heavy atom. The van der Waals surface area contributed by atoms with E-state index in [9.17, 15) is 13.2 Å². The fourth-order valence-corrected chi connectivity index (χ4v) is 1.99. The number of alkyl halides is 3. The Bertz CT molecular complexity index is 829. The van der Waals surface area contributed by atoms with Gasteiger partial charge in [0.05, 0.1) is 17.1 Å². The molecule has 1 aromatic rings. The van der Waals surface area contributed by atoms with Crippen molar-refractivity contribution < 1.29 is 13.2 Å². The summed E-state index contributed by atoms with van der Waals surface area (Å²) in [6.45, 7) is 1.48. The molecule has 0 saturated heterocycles. The van der Waals surface area contributed by atoms with E-state index in [-0.39, 0.29) is 28.9 Å². The first-order valence-electron chi connectivity index (χ1n) is 7.00. The van der Waals surface area contributed by atoms with Gasteiger partial charge in [0.1, 0.15) is 23.1 Å². The van der Waals surface area contributed by atoms with E-state index in [4.69, 9.17) is 10.7 Å². The van der Waals surface area contributed by atoms with Crippen molar-refractivity contribution in [3.63, 3.8) is 0 Å². The highest BCUT2D eigenvalue weighted by molar-refractivity contribution is 5.99. The molecule has 0 bridgehead atoms. The molecule has 0 saturated carbocycles. The molecule has 0 aromatic carbocycles. The summed E-state index contributed by atoms with van der Waals surface area (Å²) >= 11 is 0. The van der Waals surface area contributed by atoms with Crippen LogP contribution in [-0.2, 0) is 6.18 Å². The van der Waals surface area contributed by atoms with Crippen molar-refractivity contribution in [1.29, 1.82) is 10.7 Å². The number of allylic oxidation sites excluding steroid dienone is 5. The maximum Gasteiger partial charge on any atom is 0.421 e. The predicted molar refractivity (Wildman–Crippen MR) is 86.6 cm³/mol. The van der Waals surface area contributed by atoms with Crippen LogP contribution in [-0.4, -0.2) is 22.7 Å². The Hall–Kier alpha value is -3.35. The molecule has 0 radical (unpaired) electrons. The summed E-state index contributed by atoms with van der Waals surface area (Å²) in [6.07, 6.45) is 0.851. The van der Waals surface area contributed by atoms with Crippen molar-refractivity contribution in [1.82, 2.24) is 15.3 Å². The Balaban J connectivity index is 2.39. The topological polar surface area (TPSA) is 110 Å². The maximum absolute atomic E-state index is 12.9. The Kier molecular flexibility index (Phi) is 5.07. The molecule has 1 aromatic heterocycles. The summed E-state index contributed by atoms with van der Waals surface area (Å²) in [5, 5.41) is 24.7. The second kappa shape index (κ2) is 7.04. The molecule has 1 aliphatic rings. The molecule has 10 heteroatoms. The van der Waals surface area contributed by atoms with Gasteiger partial charge in [0.15, 0.2) is 0 Å². The average Bonchev–Trinajstić information content (AvgIpc) is 2.58. The number of nitrogens with one attached hydrogen (secondary N) is 4. The molecular formula is C15H14F3N7. The molecule has 2 heterocycles. The Morgan fingerprint density at radius 3 is 2.68 bits per heavy atom. The third-order valence-corrected chi connectivity index (χ3v) is 3.13. The normalized spacial score (nSPS) is 15.6. The molecule has 0 fully saturated rings. The monoisotopic (exact) mass is 349 g/mol. The number of nitriles is 1. The number of halogens is 3. The maximum atomic E-state index is 12.9. The van der Waals surface area contributed by atoms with Gasteiger partial charge in [-0.3, -0.25) is 0 Å². The quantitative estimate of drug-likeness (QED) is 0.622. The summed E-state index contributed by atoms with van der Waals surface area (Å²) in [7, 11) is 1.32. The minimum absolute atomic E-state index is 0.0841. The lowest BCUT2D eigenvalue weighted by atomic mass is 10.1. The van der Waals surface area contributed by atoms with Crippen molar-refractivity contribution >= 4 is 17.5 Å². The van der Waals surface area contributed by atoms with Gasteiger partial charge in [-0.2, -0.15) is 23.4 Å². The zero-order valence-electron chi connectivity index (χ0n) is 13.3. The molecule has 7 nitrogen and oxygen atoms in total. The molecule has 0 amide bonds. The first kappa shape index (κ1) is 18.0. The van der Waals surface area contributed by atoms with E-state index in [2.05, 4.69) is 25.9 Å². The number of hydrogen-bond donors (Lipinski definition) is 4. The van der Waals surface area contributed by atoms with Crippen molar-refractivity contribution in [2.75, 3.05) is 17.7 Å². The van der Waals surface area contributed by atoms with Crippen molar-refractivity contribution in [2.24, 2.45) is 0 Å². The van der Waals surface area contributed by atoms with E-state index in [0.29, 0.717) is 11.9 Å². The molecule has 2 rings (SSSR count). The molecule has 0 aliphatic carbocycles. The highest BCUT2D eigenvalue weighted by Gasteiger charge is 2.35. The minimum atomic E-state index is -4.59. The van der Waals surface area contributed by atoms with Gasteiger partial charge in [0.25, 0.3) is 0 Å². The summed E-state index contributed by atoms with van der Waals surface area (Å²) in [5.41, 5.74) is -0.00479. The summed E-state index contributed by atoms with van der Waals surface area (Å²) in [4.78, 5) is 7.46. The molecule has 130 valence electrons. The van der Waals surface area contributed by atoms with Crippen LogP contribution in [0.2, 0.25) is 0 Å². The van der Waals surface area contributed by atoms with Gasteiger partial charge in [-0.05, 0) is 19.1 Å². The number of aromatic nitrogens is 2. The number of nitrogens with zero attached hydrogens (tertiary/aromatic N) is 3. The Morgan fingerprint density at radius 1 is 1.40 bits per heavy atom. The van der Waals surface area contributed by atoms with Crippen LogP contribution in [0.1, 0.15) is 12.5 Å². The third kappa shape index (κ3) is 4.14. The van der Waals surface area contributed by atoms with Gasteiger partial charge in [0, 0.05) is 13.2 Å². The highest BCUT2D eigenvalue weighted by Crippen LogP contribution is 2.33. The molecule has 4 N–H and O–H groups in total. The first-order chi connectivity index (χ1) is 11.8. The van der Waals surface area contributed by atoms with E-state index < -0.39 is 11.7 Å². The molecular weight excluding hydrogens is 335 g/mol. The zero-order chi connectivity index (χ0) is 18.6. The van der Waals surface area contributed by atoms with Crippen LogP contribution in [0.4, 0.5) is 24.9 Å². The second-order valence-electron chi connectivity index (χ2n) is 4.92. The van der Waals surface area contributed by atoms with E-state index in [1.54, 1.807) is 18.2 Å². The number of dihydropyridines is 1. The van der Waals surface area contributed by atoms with Gasteiger partial charge in [-0.25, -0.2) is 4.98 Å². The van der Waals surface area contributed by atoms with E-state index in [1.807, 2.05) is 6.07 Å². The van der Waals surface area contributed by atoms with Crippen molar-refractivity contribution in [3.05, 3.63) is 47.1 Å². The Labute approximate surface area is 141 Å². The fourth-order valence-electron chi connectivity index (χ4n) is 1.99. The lowest BCUT2D eigenvalue weighted by Gasteiger charge is -2.17. The van der Waals surface area contributed by atoms with E-state index in [1.165, 1.54) is 14.0 Å². The minimum Gasteiger partial charge on any atom is -0.372 e. The summed E-state index contributed by atoms with van der Waals surface area (Å²) in [5.74, 6) is -0.503. The highest BCUT2D eigenvalue weighted by atomic mass is 19.4. The van der Waals surface area contributed by atoms with Gasteiger partial charge in [-0.1, -0.05) is 6.08 Å². The van der Waals surface area contributed by atoms with Crippen molar-refractivity contribution in [3.8, 4) is 6.07 Å². The third-order valence-electron chi connectivity index (χ3n) is 3.13. The molecule has 0 atom stereocenters. The van der Waals surface area contributed by atoms with Gasteiger partial charge in [-0.15, -0.1) is 0 Å². The standard InChI is InChI=1S/C15H14F3N7/c1-8(20)12(11-5-3-4-9(6-19)23-11)24-14-22-7-10(15(16,17)18)13(21-2)25-14/h3-5,7,20,23H,1-2H3,(H2,21,22,24,25)/b12-11+,20-8?. The summed E-state index contributed by atoms with van der Waals surface area (Å²) in [6, 6.07) is 1.93. The van der Waals surface area contributed by atoms with Crippen LogP contribution >= 0.6 is 0 Å².